The van der Waals surface area contributed by atoms with Crippen LogP contribution in [0, 0.1) is 0 Å². The van der Waals surface area contributed by atoms with E-state index in [1.54, 1.807) is 18.9 Å². The molecule has 1 aromatic carbocycles. The lowest BCUT2D eigenvalue weighted by Gasteiger charge is -2.06. The molecular weight excluding hydrogens is 286 g/mol. The molecule has 0 aliphatic carbocycles. The first-order valence-corrected chi connectivity index (χ1v) is 8.04. The third-order valence-corrected chi connectivity index (χ3v) is 3.98. The summed E-state index contributed by atoms with van der Waals surface area (Å²) in [7, 11) is 1.67. The molecule has 1 heterocycles. The lowest BCUT2D eigenvalue weighted by Crippen LogP contribution is -2.21. The Hall–Kier alpha value is -1.60. The maximum Gasteiger partial charge on any atom is 0.209 e. The number of ether oxygens (including phenoxy) is 1. The third-order valence-electron chi connectivity index (χ3n) is 2.95. The number of tetrazole rings is 1. The Morgan fingerprint density at radius 2 is 2.05 bits per heavy atom. The molecule has 0 saturated carbocycles. The first kappa shape index (κ1) is 15.8. The van der Waals surface area contributed by atoms with Crippen molar-refractivity contribution in [1.82, 2.24) is 25.5 Å². The van der Waals surface area contributed by atoms with E-state index in [1.807, 2.05) is 16.8 Å². The third kappa shape index (κ3) is 5.02. The van der Waals surface area contributed by atoms with Crippen LogP contribution in [0.2, 0.25) is 0 Å². The van der Waals surface area contributed by atoms with Crippen LogP contribution in [0.1, 0.15) is 18.9 Å². The first-order chi connectivity index (χ1) is 10.3. The molecule has 0 saturated heterocycles. The number of hydrogen-bond donors (Lipinski definition) is 1. The van der Waals surface area contributed by atoms with Gasteiger partial charge in [0.1, 0.15) is 5.75 Å². The number of aromatic nitrogens is 4. The molecule has 0 bridgehead atoms. The van der Waals surface area contributed by atoms with E-state index in [4.69, 9.17) is 4.74 Å². The Balaban J connectivity index is 1.83. The molecule has 2 rings (SSSR count). The van der Waals surface area contributed by atoms with Crippen LogP contribution in [0.4, 0.5) is 0 Å². The molecule has 0 amide bonds. The number of nitrogens with one attached hydrogen (secondary N) is 1. The number of rotatable bonds is 9. The van der Waals surface area contributed by atoms with Gasteiger partial charge in [-0.2, -0.15) is 0 Å². The van der Waals surface area contributed by atoms with E-state index >= 15 is 0 Å². The van der Waals surface area contributed by atoms with Crippen molar-refractivity contribution >= 4 is 11.8 Å². The zero-order valence-corrected chi connectivity index (χ0v) is 13.3. The highest BCUT2D eigenvalue weighted by atomic mass is 32.2. The van der Waals surface area contributed by atoms with Crippen molar-refractivity contribution < 1.29 is 4.74 Å². The second kappa shape index (κ2) is 8.63. The van der Waals surface area contributed by atoms with Crippen LogP contribution in [0.15, 0.2) is 29.4 Å². The molecule has 0 unspecified atom stereocenters. The highest BCUT2D eigenvalue weighted by molar-refractivity contribution is 7.98. The van der Waals surface area contributed by atoms with Gasteiger partial charge in [0.25, 0.3) is 0 Å². The summed E-state index contributed by atoms with van der Waals surface area (Å²) in [5.41, 5.74) is 1.22. The number of thioether (sulfide) groups is 1. The zero-order valence-electron chi connectivity index (χ0n) is 12.5. The van der Waals surface area contributed by atoms with Crippen LogP contribution in [0.3, 0.4) is 0 Å². The predicted molar refractivity (Wildman–Crippen MR) is 83.5 cm³/mol. The van der Waals surface area contributed by atoms with Gasteiger partial charge in [-0.1, -0.05) is 30.8 Å². The van der Waals surface area contributed by atoms with Crippen LogP contribution >= 0.6 is 11.8 Å². The molecule has 114 valence electrons. The highest BCUT2D eigenvalue weighted by Gasteiger charge is 2.06. The molecule has 0 atom stereocenters. The average Bonchev–Trinajstić information content (AvgIpc) is 2.97. The second-order valence-corrected chi connectivity index (χ2v) is 5.51. The van der Waals surface area contributed by atoms with E-state index in [1.165, 1.54) is 5.56 Å². The van der Waals surface area contributed by atoms with Crippen molar-refractivity contribution in [3.8, 4) is 5.75 Å². The van der Waals surface area contributed by atoms with Gasteiger partial charge in [0, 0.05) is 12.3 Å². The quantitative estimate of drug-likeness (QED) is 0.564. The number of methoxy groups -OCH3 is 1. The molecule has 0 aliphatic rings. The molecule has 1 aromatic heterocycles. The minimum absolute atomic E-state index is 0.790. The molecular formula is C14H21N5OS. The van der Waals surface area contributed by atoms with Crippen molar-refractivity contribution in [2.24, 2.45) is 0 Å². The number of hydrogen-bond acceptors (Lipinski definition) is 6. The summed E-state index contributed by atoms with van der Waals surface area (Å²) in [5, 5.41) is 16.1. The molecule has 0 radical (unpaired) electrons. The predicted octanol–water partition coefficient (Wildman–Crippen LogP) is 1.97. The molecule has 1 N–H and O–H groups in total. The summed E-state index contributed by atoms with van der Waals surface area (Å²) in [6, 6.07) is 8.05. The maximum absolute atomic E-state index is 5.15. The van der Waals surface area contributed by atoms with Crippen molar-refractivity contribution in [2.75, 3.05) is 20.2 Å². The Morgan fingerprint density at radius 3 is 2.76 bits per heavy atom. The summed E-state index contributed by atoms with van der Waals surface area (Å²) in [4.78, 5) is 0. The normalized spacial score (nSPS) is 10.8. The van der Waals surface area contributed by atoms with Gasteiger partial charge in [0.05, 0.1) is 13.7 Å². The van der Waals surface area contributed by atoms with Gasteiger partial charge >= 0.3 is 0 Å². The minimum Gasteiger partial charge on any atom is -0.497 e. The summed E-state index contributed by atoms with van der Waals surface area (Å²) in [6.07, 6.45) is 1.13. The fourth-order valence-electron chi connectivity index (χ4n) is 1.80. The Morgan fingerprint density at radius 1 is 1.24 bits per heavy atom. The van der Waals surface area contributed by atoms with Gasteiger partial charge in [-0.05, 0) is 41.1 Å². The summed E-state index contributed by atoms with van der Waals surface area (Å²) >= 11 is 1.64. The maximum atomic E-state index is 5.15. The van der Waals surface area contributed by atoms with E-state index in [-0.39, 0.29) is 0 Å². The van der Waals surface area contributed by atoms with Gasteiger partial charge in [0.2, 0.25) is 5.16 Å². The lowest BCUT2D eigenvalue weighted by atomic mass is 10.2. The van der Waals surface area contributed by atoms with Crippen molar-refractivity contribution in [3.63, 3.8) is 0 Å². The van der Waals surface area contributed by atoms with Gasteiger partial charge in [0.15, 0.2) is 0 Å². The van der Waals surface area contributed by atoms with E-state index in [0.717, 1.165) is 42.7 Å². The van der Waals surface area contributed by atoms with Crippen LogP contribution in [-0.4, -0.2) is 40.4 Å². The zero-order chi connectivity index (χ0) is 14.9. The van der Waals surface area contributed by atoms with Crippen LogP contribution in [0.25, 0.3) is 0 Å². The first-order valence-electron chi connectivity index (χ1n) is 7.06. The Bertz CT molecular complexity index is 528. The van der Waals surface area contributed by atoms with E-state index in [0.29, 0.717) is 0 Å². The van der Waals surface area contributed by atoms with Gasteiger partial charge in [-0.25, -0.2) is 4.68 Å². The fourth-order valence-corrected chi connectivity index (χ4v) is 2.66. The lowest BCUT2D eigenvalue weighted by molar-refractivity contribution is 0.414. The standard InChI is InChI=1S/C14H21N5OS/c1-3-8-15-9-10-19-14(16-17-18-19)21-11-12-4-6-13(20-2)7-5-12/h4-7,15H,3,8-11H2,1-2H3. The van der Waals surface area contributed by atoms with E-state index in [2.05, 4.69) is 39.9 Å². The van der Waals surface area contributed by atoms with Crippen LogP contribution < -0.4 is 10.1 Å². The average molecular weight is 307 g/mol. The van der Waals surface area contributed by atoms with E-state index in [9.17, 15) is 0 Å². The minimum atomic E-state index is 0.790. The monoisotopic (exact) mass is 307 g/mol. The Labute approximate surface area is 129 Å². The molecule has 7 heteroatoms. The SMILES string of the molecule is CCCNCCn1nnnc1SCc1ccc(OC)cc1. The van der Waals surface area contributed by atoms with Crippen molar-refractivity contribution in [3.05, 3.63) is 29.8 Å². The summed E-state index contributed by atoms with van der Waals surface area (Å²) in [5.74, 6) is 1.71. The molecule has 0 fully saturated rings. The second-order valence-electron chi connectivity index (χ2n) is 4.57. The largest absolute Gasteiger partial charge is 0.497 e. The number of nitrogens with zero attached hydrogens (tertiary/aromatic N) is 4. The van der Waals surface area contributed by atoms with Gasteiger partial charge in [-0.3, -0.25) is 0 Å². The van der Waals surface area contributed by atoms with Crippen LogP contribution in [0.5, 0.6) is 5.75 Å². The molecule has 6 nitrogen and oxygen atoms in total. The molecule has 0 spiro atoms. The number of benzene rings is 1. The van der Waals surface area contributed by atoms with Gasteiger partial charge in [-0.15, -0.1) is 5.10 Å². The van der Waals surface area contributed by atoms with Gasteiger partial charge < -0.3 is 10.1 Å². The van der Waals surface area contributed by atoms with E-state index < -0.39 is 0 Å². The van der Waals surface area contributed by atoms with Crippen molar-refractivity contribution in [1.29, 1.82) is 0 Å². The Kier molecular flexibility index (Phi) is 6.49. The smallest absolute Gasteiger partial charge is 0.209 e. The molecule has 21 heavy (non-hydrogen) atoms. The summed E-state index contributed by atoms with van der Waals surface area (Å²) in [6.45, 7) is 4.85. The molecule has 2 aromatic rings. The fraction of sp³-hybridized carbons (Fsp3) is 0.500. The summed E-state index contributed by atoms with van der Waals surface area (Å²) < 4.78 is 7.00. The van der Waals surface area contributed by atoms with Crippen molar-refractivity contribution in [2.45, 2.75) is 30.8 Å². The van der Waals surface area contributed by atoms with Crippen LogP contribution in [-0.2, 0) is 12.3 Å². The topological polar surface area (TPSA) is 64.9 Å². The highest BCUT2D eigenvalue weighted by Crippen LogP contribution is 2.21. The molecule has 0 aliphatic heterocycles.